The summed E-state index contributed by atoms with van der Waals surface area (Å²) in [7, 11) is -3.61. The molecular weight excluding hydrogens is 348 g/mol. The Morgan fingerprint density at radius 3 is 2.42 bits per heavy atom. The summed E-state index contributed by atoms with van der Waals surface area (Å²) < 4.78 is 31.7. The maximum atomic E-state index is 12.8. The molecule has 0 amide bonds. The molecule has 5 heteroatoms. The van der Waals surface area contributed by atoms with Crippen molar-refractivity contribution in [1.82, 2.24) is 0 Å². The molecule has 0 bridgehead atoms. The first-order chi connectivity index (χ1) is 12.3. The van der Waals surface area contributed by atoms with E-state index >= 15 is 0 Å². The number of aliphatic hydroxyl groups is 1. The zero-order valence-electron chi connectivity index (χ0n) is 15.4. The van der Waals surface area contributed by atoms with E-state index in [9.17, 15) is 13.5 Å². The lowest BCUT2D eigenvalue weighted by Gasteiger charge is -2.32. The normalized spacial score (nSPS) is 21.1. The zero-order chi connectivity index (χ0) is 18.9. The second kappa shape index (κ2) is 7.41. The largest absolute Gasteiger partial charge is 0.490 e. The highest BCUT2D eigenvalue weighted by Crippen LogP contribution is 2.39. The molecule has 26 heavy (non-hydrogen) atoms. The monoisotopic (exact) mass is 374 g/mol. The van der Waals surface area contributed by atoms with Crippen molar-refractivity contribution in [2.24, 2.45) is 11.8 Å². The first-order valence-electron chi connectivity index (χ1n) is 9.08. The minimum Gasteiger partial charge on any atom is -0.490 e. The van der Waals surface area contributed by atoms with Crippen LogP contribution in [0.3, 0.4) is 0 Å². The van der Waals surface area contributed by atoms with Gasteiger partial charge < -0.3 is 9.84 Å². The number of rotatable bonds is 5. The van der Waals surface area contributed by atoms with Crippen LogP contribution >= 0.6 is 0 Å². The second-order valence-electron chi connectivity index (χ2n) is 7.46. The smallest absolute Gasteiger partial charge is 0.206 e. The van der Waals surface area contributed by atoms with Crippen molar-refractivity contribution in [3.05, 3.63) is 54.1 Å². The van der Waals surface area contributed by atoms with Crippen LogP contribution in [0.1, 0.15) is 45.3 Å². The quantitative estimate of drug-likeness (QED) is 0.843. The summed E-state index contributed by atoms with van der Waals surface area (Å²) >= 11 is 0. The molecule has 1 N–H and O–H groups in total. The van der Waals surface area contributed by atoms with Crippen molar-refractivity contribution < 1.29 is 18.3 Å². The van der Waals surface area contributed by atoms with E-state index in [1.165, 1.54) is 0 Å². The molecule has 2 aromatic carbocycles. The van der Waals surface area contributed by atoms with Crippen molar-refractivity contribution in [1.29, 1.82) is 0 Å². The molecule has 1 aliphatic heterocycles. The summed E-state index contributed by atoms with van der Waals surface area (Å²) in [6.07, 6.45) is 0.639. The van der Waals surface area contributed by atoms with E-state index in [1.807, 2.05) is 0 Å². The first kappa shape index (κ1) is 18.9. The van der Waals surface area contributed by atoms with E-state index in [4.69, 9.17) is 4.74 Å². The van der Waals surface area contributed by atoms with Gasteiger partial charge in [0.1, 0.15) is 11.9 Å². The fraction of sp³-hybridized carbons (Fsp3) is 0.429. The van der Waals surface area contributed by atoms with E-state index in [0.717, 1.165) is 6.42 Å². The van der Waals surface area contributed by atoms with Gasteiger partial charge in [0.15, 0.2) is 0 Å². The van der Waals surface area contributed by atoms with Gasteiger partial charge in [0, 0.05) is 12.0 Å². The van der Waals surface area contributed by atoms with Crippen LogP contribution in [0.2, 0.25) is 0 Å². The molecule has 0 aromatic heterocycles. The Balaban J connectivity index is 1.91. The molecule has 0 saturated heterocycles. The van der Waals surface area contributed by atoms with Crippen LogP contribution in [0.25, 0.3) is 0 Å². The molecule has 0 fully saturated rings. The molecule has 2 aromatic rings. The highest BCUT2D eigenvalue weighted by atomic mass is 32.2. The lowest BCUT2D eigenvalue weighted by molar-refractivity contribution is 0.0502. The Hall–Kier alpha value is -1.85. The van der Waals surface area contributed by atoms with Gasteiger partial charge in [-0.25, -0.2) is 8.42 Å². The molecule has 3 atom stereocenters. The van der Waals surface area contributed by atoms with Crippen LogP contribution in [0.15, 0.2) is 58.3 Å². The minimum absolute atomic E-state index is 0.107. The highest BCUT2D eigenvalue weighted by Gasteiger charge is 2.30. The van der Waals surface area contributed by atoms with Crippen molar-refractivity contribution in [2.75, 3.05) is 0 Å². The lowest BCUT2D eigenvalue weighted by atomic mass is 9.88. The number of aliphatic hydroxyl groups excluding tert-OH is 1. The molecule has 3 unspecified atom stereocenters. The molecule has 1 aliphatic rings. The van der Waals surface area contributed by atoms with E-state index < -0.39 is 15.9 Å². The molecule has 0 saturated carbocycles. The van der Waals surface area contributed by atoms with Gasteiger partial charge in [-0.05, 0) is 42.5 Å². The van der Waals surface area contributed by atoms with E-state index in [2.05, 4.69) is 20.8 Å². The van der Waals surface area contributed by atoms with Gasteiger partial charge in [0.25, 0.3) is 0 Å². The number of benzene rings is 2. The Labute approximate surface area is 155 Å². The Bertz CT molecular complexity index is 859. The Kier molecular flexibility index (Phi) is 5.39. The third kappa shape index (κ3) is 3.79. The van der Waals surface area contributed by atoms with Gasteiger partial charge in [-0.2, -0.15) is 0 Å². The fourth-order valence-corrected chi connectivity index (χ4v) is 4.53. The first-order valence-corrected chi connectivity index (χ1v) is 10.6. The summed E-state index contributed by atoms with van der Waals surface area (Å²) in [4.78, 5) is 0.438. The molecule has 3 rings (SSSR count). The van der Waals surface area contributed by atoms with Gasteiger partial charge in [-0.1, -0.05) is 45.0 Å². The Morgan fingerprint density at radius 1 is 1.08 bits per heavy atom. The fourth-order valence-electron chi connectivity index (χ4n) is 3.23. The molecule has 0 aliphatic carbocycles. The Morgan fingerprint density at radius 2 is 1.77 bits per heavy atom. The maximum absolute atomic E-state index is 12.8. The maximum Gasteiger partial charge on any atom is 0.206 e. The van der Waals surface area contributed by atoms with Crippen molar-refractivity contribution >= 4 is 9.84 Å². The van der Waals surface area contributed by atoms with Gasteiger partial charge in [0.2, 0.25) is 9.84 Å². The second-order valence-corrected chi connectivity index (χ2v) is 9.41. The summed E-state index contributed by atoms with van der Waals surface area (Å²) in [5.41, 5.74) is 0.658. The van der Waals surface area contributed by atoms with Crippen LogP contribution in [-0.2, 0) is 9.84 Å². The molecular formula is C21H26O4S. The predicted molar refractivity (Wildman–Crippen MR) is 101 cm³/mol. The molecule has 1 heterocycles. The molecule has 0 spiro atoms. The van der Waals surface area contributed by atoms with Crippen LogP contribution < -0.4 is 4.74 Å². The zero-order valence-corrected chi connectivity index (χ0v) is 16.2. The molecule has 0 radical (unpaired) electrons. The average Bonchev–Trinajstić information content (AvgIpc) is 2.62. The minimum atomic E-state index is -3.61. The topological polar surface area (TPSA) is 63.6 Å². The predicted octanol–water partition coefficient (Wildman–Crippen LogP) is 4.39. The van der Waals surface area contributed by atoms with Crippen LogP contribution in [0.5, 0.6) is 5.75 Å². The van der Waals surface area contributed by atoms with Crippen molar-refractivity contribution in [3.8, 4) is 5.75 Å². The summed E-state index contributed by atoms with van der Waals surface area (Å²) in [5, 5.41) is 10.5. The van der Waals surface area contributed by atoms with Crippen molar-refractivity contribution in [2.45, 2.75) is 55.6 Å². The lowest BCUT2D eigenvalue weighted by Crippen LogP contribution is -2.28. The average molecular weight is 375 g/mol. The standard InChI is InChI=1S/C21H26O4S/c1-14(2)15(3)11-16-12-20(22)19-10-9-18(13-21(19)25-16)26(23,24)17-7-5-4-6-8-17/h4-10,13-16,20,22H,11-12H2,1-3H3. The van der Waals surface area contributed by atoms with Gasteiger partial charge in [-0.15, -0.1) is 0 Å². The third-order valence-electron chi connectivity index (χ3n) is 5.26. The summed E-state index contributed by atoms with van der Waals surface area (Å²) in [5.74, 6) is 1.47. The van der Waals surface area contributed by atoms with Gasteiger partial charge in [-0.3, -0.25) is 0 Å². The van der Waals surface area contributed by atoms with E-state index in [0.29, 0.717) is 29.6 Å². The highest BCUT2D eigenvalue weighted by molar-refractivity contribution is 7.91. The SMILES string of the molecule is CC(C)C(C)CC1CC(O)c2ccc(S(=O)(=O)c3ccccc3)cc2O1. The van der Waals surface area contributed by atoms with Crippen molar-refractivity contribution in [3.63, 3.8) is 0 Å². The van der Waals surface area contributed by atoms with Gasteiger partial charge in [0.05, 0.1) is 15.9 Å². The number of hydrogen-bond acceptors (Lipinski definition) is 4. The number of sulfone groups is 1. The third-order valence-corrected chi connectivity index (χ3v) is 7.03. The van der Waals surface area contributed by atoms with Crippen LogP contribution in [-0.4, -0.2) is 19.6 Å². The van der Waals surface area contributed by atoms with Gasteiger partial charge >= 0.3 is 0 Å². The van der Waals surface area contributed by atoms with E-state index in [-0.39, 0.29) is 15.9 Å². The number of fused-ring (bicyclic) bond motifs is 1. The van der Waals surface area contributed by atoms with E-state index in [1.54, 1.807) is 48.5 Å². The summed E-state index contributed by atoms with van der Waals surface area (Å²) in [6, 6.07) is 13.1. The number of hydrogen-bond donors (Lipinski definition) is 1. The number of ether oxygens (including phenoxy) is 1. The molecule has 140 valence electrons. The summed E-state index contributed by atoms with van der Waals surface area (Å²) in [6.45, 7) is 6.51. The molecule has 4 nitrogen and oxygen atoms in total. The van der Waals surface area contributed by atoms with Crippen LogP contribution in [0.4, 0.5) is 0 Å². The van der Waals surface area contributed by atoms with Crippen LogP contribution in [0, 0.1) is 11.8 Å².